The van der Waals surface area contributed by atoms with Crippen LogP contribution in [0.3, 0.4) is 0 Å². The van der Waals surface area contributed by atoms with Gasteiger partial charge in [-0.1, -0.05) is 12.1 Å². The number of halogens is 1. The number of aromatic nitrogens is 2. The summed E-state index contributed by atoms with van der Waals surface area (Å²) in [5.74, 6) is -0.0514. The first-order chi connectivity index (χ1) is 9.72. The molecule has 0 spiro atoms. The molecule has 98 valence electrons. The predicted octanol–water partition coefficient (Wildman–Crippen LogP) is 1.47. The van der Waals surface area contributed by atoms with Crippen molar-refractivity contribution in [2.24, 2.45) is 0 Å². The average molecular weight is 286 g/mol. The SMILES string of the molecule is N#Cc1c(CCl)/c(=C/O)c(=O)n2c1nc1ccccc12. The highest BCUT2D eigenvalue weighted by atomic mass is 35.5. The van der Waals surface area contributed by atoms with Crippen molar-refractivity contribution in [3.05, 3.63) is 51.0 Å². The summed E-state index contributed by atoms with van der Waals surface area (Å²) >= 11 is 5.81. The number of para-hydroxylation sites is 2. The molecule has 0 fully saturated rings. The van der Waals surface area contributed by atoms with E-state index in [2.05, 4.69) is 4.98 Å². The summed E-state index contributed by atoms with van der Waals surface area (Å²) in [6.45, 7) is 0. The third-order valence-electron chi connectivity index (χ3n) is 3.22. The number of aliphatic hydroxyl groups excluding tert-OH is 1. The van der Waals surface area contributed by atoms with Gasteiger partial charge in [0.15, 0.2) is 5.65 Å². The van der Waals surface area contributed by atoms with Crippen molar-refractivity contribution in [1.29, 1.82) is 5.26 Å². The molecule has 1 N–H and O–H groups in total. The Balaban J connectivity index is 2.74. The van der Waals surface area contributed by atoms with Gasteiger partial charge in [-0.2, -0.15) is 5.26 Å². The predicted molar refractivity (Wildman–Crippen MR) is 75.6 cm³/mol. The third-order valence-corrected chi connectivity index (χ3v) is 3.49. The van der Waals surface area contributed by atoms with E-state index in [-0.39, 0.29) is 22.3 Å². The number of nitriles is 1. The minimum absolute atomic E-state index is 0.0206. The van der Waals surface area contributed by atoms with Gasteiger partial charge in [0.05, 0.1) is 22.5 Å². The summed E-state index contributed by atoms with van der Waals surface area (Å²) in [4.78, 5) is 16.8. The van der Waals surface area contributed by atoms with E-state index in [1.54, 1.807) is 24.3 Å². The van der Waals surface area contributed by atoms with Gasteiger partial charge in [0, 0.05) is 11.4 Å². The van der Waals surface area contributed by atoms with E-state index in [0.29, 0.717) is 22.9 Å². The Kier molecular flexibility index (Phi) is 2.81. The minimum Gasteiger partial charge on any atom is -0.515 e. The first kappa shape index (κ1) is 12.5. The lowest BCUT2D eigenvalue weighted by Gasteiger charge is -2.03. The standard InChI is InChI=1S/C14H8ClN3O2/c15-5-8-9(6-16)13-17-11-3-1-2-4-12(11)18(13)14(20)10(8)7-19/h1-4,7,19H,5H2/b10-7-. The highest BCUT2D eigenvalue weighted by Gasteiger charge is 2.17. The Morgan fingerprint density at radius 1 is 1.45 bits per heavy atom. The number of rotatable bonds is 1. The van der Waals surface area contributed by atoms with Crippen LogP contribution < -0.4 is 10.8 Å². The van der Waals surface area contributed by atoms with Crippen LogP contribution in [-0.4, -0.2) is 14.5 Å². The van der Waals surface area contributed by atoms with Crippen LogP contribution in [0, 0.1) is 11.3 Å². The van der Waals surface area contributed by atoms with Gasteiger partial charge in [0.1, 0.15) is 11.6 Å². The monoisotopic (exact) mass is 285 g/mol. The van der Waals surface area contributed by atoms with Crippen molar-refractivity contribution >= 4 is 34.5 Å². The molecule has 20 heavy (non-hydrogen) atoms. The molecule has 2 aromatic heterocycles. The maximum atomic E-state index is 12.4. The van der Waals surface area contributed by atoms with Gasteiger partial charge in [0.2, 0.25) is 0 Å². The fourth-order valence-electron chi connectivity index (χ4n) is 2.31. The molecule has 6 heteroatoms. The van der Waals surface area contributed by atoms with Crippen LogP contribution in [0.1, 0.15) is 11.1 Å². The van der Waals surface area contributed by atoms with Crippen LogP contribution in [0.4, 0.5) is 0 Å². The highest BCUT2D eigenvalue weighted by molar-refractivity contribution is 6.17. The fraction of sp³-hybridized carbons (Fsp3) is 0.0714. The van der Waals surface area contributed by atoms with Crippen LogP contribution in [-0.2, 0) is 5.88 Å². The number of nitrogens with zero attached hydrogens (tertiary/aromatic N) is 3. The molecule has 0 aliphatic rings. The molecule has 2 heterocycles. The van der Waals surface area contributed by atoms with Gasteiger partial charge in [-0.15, -0.1) is 11.6 Å². The Labute approximate surface area is 118 Å². The van der Waals surface area contributed by atoms with Gasteiger partial charge in [-0.05, 0) is 12.1 Å². The Morgan fingerprint density at radius 2 is 2.20 bits per heavy atom. The quantitative estimate of drug-likeness (QED) is 0.687. The van der Waals surface area contributed by atoms with Gasteiger partial charge in [-0.3, -0.25) is 9.20 Å². The Hall–Kier alpha value is -2.58. The number of alkyl halides is 1. The number of hydrogen-bond acceptors (Lipinski definition) is 4. The van der Waals surface area contributed by atoms with Crippen molar-refractivity contribution in [3.8, 4) is 6.07 Å². The second-order valence-electron chi connectivity index (χ2n) is 4.21. The molecule has 0 aliphatic carbocycles. The second-order valence-corrected chi connectivity index (χ2v) is 4.47. The van der Waals surface area contributed by atoms with E-state index in [4.69, 9.17) is 11.6 Å². The molecular weight excluding hydrogens is 278 g/mol. The zero-order valence-electron chi connectivity index (χ0n) is 10.2. The van der Waals surface area contributed by atoms with Crippen molar-refractivity contribution in [2.45, 2.75) is 5.88 Å². The molecule has 0 unspecified atom stereocenters. The average Bonchev–Trinajstić information content (AvgIpc) is 2.86. The van der Waals surface area contributed by atoms with E-state index in [1.807, 2.05) is 6.07 Å². The number of aliphatic hydroxyl groups is 1. The molecule has 3 rings (SSSR count). The molecule has 5 nitrogen and oxygen atoms in total. The maximum Gasteiger partial charge on any atom is 0.267 e. The summed E-state index contributed by atoms with van der Waals surface area (Å²) < 4.78 is 1.33. The largest absolute Gasteiger partial charge is 0.515 e. The normalized spacial score (nSPS) is 12.1. The molecule has 0 saturated carbocycles. The van der Waals surface area contributed by atoms with E-state index in [1.165, 1.54) is 4.40 Å². The summed E-state index contributed by atoms with van der Waals surface area (Å²) in [6, 6.07) is 9.08. The number of pyridine rings is 1. The number of imidazole rings is 1. The summed E-state index contributed by atoms with van der Waals surface area (Å²) in [6.07, 6.45) is 0.690. The molecule has 0 atom stereocenters. The minimum atomic E-state index is -0.439. The second kappa shape index (κ2) is 4.51. The third kappa shape index (κ3) is 1.49. The zero-order chi connectivity index (χ0) is 14.3. The van der Waals surface area contributed by atoms with Gasteiger partial charge in [0.25, 0.3) is 5.56 Å². The van der Waals surface area contributed by atoms with Crippen LogP contribution in [0.2, 0.25) is 0 Å². The molecule has 1 aromatic carbocycles. The van der Waals surface area contributed by atoms with Crippen LogP contribution in [0.25, 0.3) is 22.9 Å². The maximum absolute atomic E-state index is 12.4. The fourth-order valence-corrected chi connectivity index (χ4v) is 2.59. The lowest BCUT2D eigenvalue weighted by atomic mass is 10.1. The van der Waals surface area contributed by atoms with E-state index in [9.17, 15) is 15.2 Å². The summed E-state index contributed by atoms with van der Waals surface area (Å²) in [5.41, 5.74) is 1.52. The molecule has 0 aliphatic heterocycles. The van der Waals surface area contributed by atoms with Gasteiger partial charge >= 0.3 is 0 Å². The molecule has 0 bridgehead atoms. The molecule has 0 amide bonds. The van der Waals surface area contributed by atoms with Crippen molar-refractivity contribution in [2.75, 3.05) is 0 Å². The zero-order valence-corrected chi connectivity index (χ0v) is 10.9. The van der Waals surface area contributed by atoms with Gasteiger partial charge in [-0.25, -0.2) is 4.98 Å². The smallest absolute Gasteiger partial charge is 0.267 e. The topological polar surface area (TPSA) is 78.4 Å². The van der Waals surface area contributed by atoms with Crippen LogP contribution in [0.15, 0.2) is 29.1 Å². The summed E-state index contributed by atoms with van der Waals surface area (Å²) in [5, 5.41) is 18.6. The Morgan fingerprint density at radius 3 is 2.85 bits per heavy atom. The van der Waals surface area contributed by atoms with Crippen molar-refractivity contribution in [3.63, 3.8) is 0 Å². The summed E-state index contributed by atoms with van der Waals surface area (Å²) in [7, 11) is 0. The van der Waals surface area contributed by atoms with E-state index < -0.39 is 5.56 Å². The van der Waals surface area contributed by atoms with E-state index >= 15 is 0 Å². The van der Waals surface area contributed by atoms with Crippen molar-refractivity contribution < 1.29 is 5.11 Å². The van der Waals surface area contributed by atoms with Crippen LogP contribution in [0.5, 0.6) is 0 Å². The molecule has 0 radical (unpaired) electrons. The Bertz CT molecular complexity index is 986. The highest BCUT2D eigenvalue weighted by Crippen LogP contribution is 2.18. The number of benzene rings is 1. The number of fused-ring (bicyclic) bond motifs is 3. The van der Waals surface area contributed by atoms with E-state index in [0.717, 1.165) is 0 Å². The number of hydrogen-bond donors (Lipinski definition) is 1. The lowest BCUT2D eigenvalue weighted by Crippen LogP contribution is -2.34. The first-order valence-corrected chi connectivity index (χ1v) is 6.33. The molecular formula is C14H8ClN3O2. The lowest BCUT2D eigenvalue weighted by molar-refractivity contribution is 0.539. The molecule has 3 aromatic rings. The van der Waals surface area contributed by atoms with Crippen molar-refractivity contribution in [1.82, 2.24) is 9.38 Å². The first-order valence-electron chi connectivity index (χ1n) is 5.79. The molecule has 0 saturated heterocycles. The van der Waals surface area contributed by atoms with Crippen LogP contribution >= 0.6 is 11.6 Å². The van der Waals surface area contributed by atoms with Gasteiger partial charge < -0.3 is 5.11 Å².